The minimum atomic E-state index is -0.308. The molecule has 0 saturated carbocycles. The van der Waals surface area contributed by atoms with Crippen molar-refractivity contribution in [3.8, 4) is 0 Å². The second-order valence-electron chi connectivity index (χ2n) is 6.73. The van der Waals surface area contributed by atoms with E-state index in [0.29, 0.717) is 12.6 Å². The van der Waals surface area contributed by atoms with Crippen LogP contribution in [0, 0.1) is 19.8 Å². The Morgan fingerprint density at radius 1 is 1.27 bits per heavy atom. The van der Waals surface area contributed by atoms with Crippen LogP contribution < -0.4 is 5.73 Å². The average molecular weight is 305 g/mol. The van der Waals surface area contributed by atoms with Gasteiger partial charge in [0.2, 0.25) is 5.91 Å². The molecule has 1 aromatic rings. The highest BCUT2D eigenvalue weighted by Gasteiger charge is 2.33. The van der Waals surface area contributed by atoms with Gasteiger partial charge in [0.1, 0.15) is 0 Å². The average Bonchev–Trinajstić information content (AvgIpc) is 2.73. The number of nitrogens with zero attached hydrogens (tertiary/aromatic N) is 2. The molecule has 2 heterocycles. The van der Waals surface area contributed by atoms with E-state index >= 15 is 0 Å². The first-order valence-corrected chi connectivity index (χ1v) is 8.02. The number of piperidine rings is 1. The van der Waals surface area contributed by atoms with Crippen LogP contribution in [0.3, 0.4) is 0 Å². The van der Waals surface area contributed by atoms with E-state index in [1.54, 1.807) is 0 Å². The molecule has 0 radical (unpaired) electrons. The number of hydrogen-bond acceptors (Lipinski definition) is 2. The smallest absolute Gasteiger partial charge is 0.255 e. The number of likely N-dealkylation sites (tertiary alicyclic amines) is 1. The quantitative estimate of drug-likeness (QED) is 0.931. The molecule has 2 unspecified atom stereocenters. The third kappa shape index (κ3) is 2.89. The number of nitrogens with two attached hydrogens (primary N) is 1. The van der Waals surface area contributed by atoms with Crippen LogP contribution in [0.15, 0.2) is 6.07 Å². The van der Waals surface area contributed by atoms with Crippen LogP contribution in [-0.2, 0) is 4.79 Å². The first-order chi connectivity index (χ1) is 10.2. The molecular weight excluding hydrogens is 278 g/mol. The first kappa shape index (κ1) is 16.6. The summed E-state index contributed by atoms with van der Waals surface area (Å²) in [5.74, 6) is -0.524. The number of aryl methyl sites for hydroxylation is 1. The van der Waals surface area contributed by atoms with Crippen LogP contribution in [-0.4, -0.2) is 33.9 Å². The highest BCUT2D eigenvalue weighted by Crippen LogP contribution is 2.27. The topological polar surface area (TPSA) is 68.3 Å². The van der Waals surface area contributed by atoms with E-state index in [1.165, 1.54) is 0 Å². The molecule has 0 aromatic carbocycles. The number of carbonyl (C=O) groups excluding carboxylic acids is 2. The standard InChI is InChI=1S/C17H27N3O2/c1-10(2)20-12(4)8-15(13(20)5)17(22)19-9-14(16(18)21)7-6-11(19)3/h8,10-11,14H,6-7,9H2,1-5H3,(H2,18,21). The van der Waals surface area contributed by atoms with Gasteiger partial charge >= 0.3 is 0 Å². The van der Waals surface area contributed by atoms with E-state index in [2.05, 4.69) is 18.4 Å². The fraction of sp³-hybridized carbons (Fsp3) is 0.647. The lowest BCUT2D eigenvalue weighted by atomic mass is 9.92. The third-order valence-corrected chi connectivity index (χ3v) is 4.78. The summed E-state index contributed by atoms with van der Waals surface area (Å²) < 4.78 is 2.17. The Balaban J connectivity index is 2.31. The van der Waals surface area contributed by atoms with E-state index in [-0.39, 0.29) is 23.8 Å². The van der Waals surface area contributed by atoms with Crippen LogP contribution in [0.4, 0.5) is 0 Å². The zero-order valence-electron chi connectivity index (χ0n) is 14.2. The Kier molecular flexibility index (Phi) is 4.63. The molecule has 0 bridgehead atoms. The zero-order valence-corrected chi connectivity index (χ0v) is 14.2. The summed E-state index contributed by atoms with van der Waals surface area (Å²) >= 11 is 0. The second kappa shape index (κ2) is 6.15. The number of hydrogen-bond donors (Lipinski definition) is 1. The van der Waals surface area contributed by atoms with Crippen LogP contribution >= 0.6 is 0 Å². The van der Waals surface area contributed by atoms with Gasteiger partial charge in [-0.15, -0.1) is 0 Å². The van der Waals surface area contributed by atoms with E-state index < -0.39 is 0 Å². The van der Waals surface area contributed by atoms with Crippen molar-refractivity contribution in [3.05, 3.63) is 23.0 Å². The molecule has 2 N–H and O–H groups in total. The fourth-order valence-electron chi connectivity index (χ4n) is 3.57. The van der Waals surface area contributed by atoms with Crippen molar-refractivity contribution in [2.75, 3.05) is 6.54 Å². The third-order valence-electron chi connectivity index (χ3n) is 4.78. The maximum atomic E-state index is 12.9. The lowest BCUT2D eigenvalue weighted by Crippen LogP contribution is -2.48. The minimum Gasteiger partial charge on any atom is -0.369 e. The Hall–Kier alpha value is -1.78. The Morgan fingerprint density at radius 3 is 2.41 bits per heavy atom. The molecule has 1 aromatic heterocycles. The molecule has 22 heavy (non-hydrogen) atoms. The van der Waals surface area contributed by atoms with E-state index in [4.69, 9.17) is 5.73 Å². The van der Waals surface area contributed by atoms with Gasteiger partial charge in [-0.1, -0.05) is 0 Å². The van der Waals surface area contributed by atoms with Crippen molar-refractivity contribution in [2.45, 2.75) is 59.5 Å². The van der Waals surface area contributed by atoms with Gasteiger partial charge in [-0.2, -0.15) is 0 Å². The summed E-state index contributed by atoms with van der Waals surface area (Å²) in [5.41, 5.74) is 8.25. The summed E-state index contributed by atoms with van der Waals surface area (Å²) in [6.07, 6.45) is 1.59. The molecule has 1 saturated heterocycles. The molecule has 1 fully saturated rings. The molecule has 5 heteroatoms. The summed E-state index contributed by atoms with van der Waals surface area (Å²) in [4.78, 5) is 26.2. The molecule has 5 nitrogen and oxygen atoms in total. The molecule has 0 spiro atoms. The van der Waals surface area contributed by atoms with Gasteiger partial charge in [0, 0.05) is 30.0 Å². The summed E-state index contributed by atoms with van der Waals surface area (Å²) in [5, 5.41) is 0. The van der Waals surface area contributed by atoms with Crippen molar-refractivity contribution >= 4 is 11.8 Å². The number of amides is 2. The molecule has 122 valence electrons. The van der Waals surface area contributed by atoms with Crippen molar-refractivity contribution in [3.63, 3.8) is 0 Å². The first-order valence-electron chi connectivity index (χ1n) is 8.02. The zero-order chi connectivity index (χ0) is 16.6. The van der Waals surface area contributed by atoms with Gasteiger partial charge in [-0.3, -0.25) is 9.59 Å². The maximum Gasteiger partial charge on any atom is 0.255 e. The van der Waals surface area contributed by atoms with E-state index in [0.717, 1.165) is 29.8 Å². The summed E-state index contributed by atoms with van der Waals surface area (Å²) in [6.45, 7) is 10.7. The largest absolute Gasteiger partial charge is 0.369 e. The predicted octanol–water partition coefficient (Wildman–Crippen LogP) is 2.41. The number of primary amides is 1. The number of carbonyl (C=O) groups is 2. The minimum absolute atomic E-state index is 0.0125. The Bertz CT molecular complexity index is 589. The fourth-order valence-corrected chi connectivity index (χ4v) is 3.57. The van der Waals surface area contributed by atoms with Gasteiger partial charge in [-0.05, 0) is 53.5 Å². The second-order valence-corrected chi connectivity index (χ2v) is 6.73. The van der Waals surface area contributed by atoms with Gasteiger partial charge in [-0.25, -0.2) is 0 Å². The van der Waals surface area contributed by atoms with Crippen molar-refractivity contribution < 1.29 is 9.59 Å². The van der Waals surface area contributed by atoms with Crippen molar-refractivity contribution in [2.24, 2.45) is 11.7 Å². The molecule has 0 aliphatic carbocycles. The summed E-state index contributed by atoms with van der Waals surface area (Å²) in [6, 6.07) is 2.42. The monoisotopic (exact) mass is 305 g/mol. The van der Waals surface area contributed by atoms with Crippen LogP contribution in [0.2, 0.25) is 0 Å². The van der Waals surface area contributed by atoms with Gasteiger partial charge in [0.15, 0.2) is 0 Å². The van der Waals surface area contributed by atoms with Crippen LogP contribution in [0.5, 0.6) is 0 Å². The SMILES string of the molecule is Cc1cc(C(=O)N2CC(C(N)=O)CCC2C)c(C)n1C(C)C. The number of rotatable bonds is 3. The molecule has 1 aliphatic rings. The molecule has 1 aliphatic heterocycles. The Labute approximate surface area is 132 Å². The highest BCUT2D eigenvalue weighted by molar-refractivity contribution is 5.96. The molecule has 2 rings (SSSR count). The van der Waals surface area contributed by atoms with E-state index in [1.807, 2.05) is 31.7 Å². The van der Waals surface area contributed by atoms with Crippen molar-refractivity contribution in [1.82, 2.24) is 9.47 Å². The molecular formula is C17H27N3O2. The Morgan fingerprint density at radius 2 is 1.91 bits per heavy atom. The maximum absolute atomic E-state index is 12.9. The predicted molar refractivity (Wildman–Crippen MR) is 86.7 cm³/mol. The van der Waals surface area contributed by atoms with Gasteiger partial charge < -0.3 is 15.2 Å². The van der Waals surface area contributed by atoms with Crippen LogP contribution in [0.1, 0.15) is 61.4 Å². The number of aromatic nitrogens is 1. The normalized spacial score (nSPS) is 22.2. The van der Waals surface area contributed by atoms with Gasteiger partial charge in [0.25, 0.3) is 5.91 Å². The summed E-state index contributed by atoms with van der Waals surface area (Å²) in [7, 11) is 0. The van der Waals surface area contributed by atoms with Crippen LogP contribution in [0.25, 0.3) is 0 Å². The highest BCUT2D eigenvalue weighted by atomic mass is 16.2. The molecule has 2 atom stereocenters. The lowest BCUT2D eigenvalue weighted by molar-refractivity contribution is -0.123. The van der Waals surface area contributed by atoms with E-state index in [9.17, 15) is 9.59 Å². The van der Waals surface area contributed by atoms with Crippen molar-refractivity contribution in [1.29, 1.82) is 0 Å². The van der Waals surface area contributed by atoms with Gasteiger partial charge in [0.05, 0.1) is 11.5 Å². The lowest BCUT2D eigenvalue weighted by Gasteiger charge is -2.37. The molecule has 2 amide bonds.